The monoisotopic (exact) mass is 476 g/mol. The Labute approximate surface area is 204 Å². The van der Waals surface area contributed by atoms with Gasteiger partial charge in [0, 0.05) is 39.3 Å². The van der Waals surface area contributed by atoms with Crippen LogP contribution in [0.25, 0.3) is 0 Å². The molecule has 0 aliphatic carbocycles. The minimum Gasteiger partial charge on any atom is -0.454 e. The molecule has 3 aromatic carbocycles. The number of ether oxygens (including phenoxy) is 2. The summed E-state index contributed by atoms with van der Waals surface area (Å²) in [6.07, 6.45) is 0. The van der Waals surface area contributed by atoms with Crippen molar-refractivity contribution in [1.82, 2.24) is 15.5 Å². The minimum atomic E-state index is -0.218. The minimum absolute atomic E-state index is 0.0604. The molecule has 0 saturated carbocycles. The molecular weight excluding hydrogens is 447 g/mol. The van der Waals surface area contributed by atoms with E-state index in [9.17, 15) is 9.18 Å². The van der Waals surface area contributed by atoms with Crippen molar-refractivity contribution < 1.29 is 18.7 Å². The fraction of sp³-hybridized carbons (Fsp3) is 0.296. The van der Waals surface area contributed by atoms with Crippen molar-refractivity contribution >= 4 is 11.7 Å². The number of carbonyl (C=O) groups is 1. The summed E-state index contributed by atoms with van der Waals surface area (Å²) >= 11 is 0. The first-order valence-electron chi connectivity index (χ1n) is 11.9. The van der Waals surface area contributed by atoms with Crippen molar-refractivity contribution in [1.29, 1.82) is 0 Å². The quantitative estimate of drug-likeness (QED) is 0.541. The zero-order valence-corrected chi connectivity index (χ0v) is 19.5. The molecule has 0 unspecified atom stereocenters. The molecule has 1 fully saturated rings. The van der Waals surface area contributed by atoms with E-state index in [1.807, 2.05) is 60.7 Å². The summed E-state index contributed by atoms with van der Waals surface area (Å²) in [4.78, 5) is 17.0. The molecule has 5 rings (SSSR count). The molecule has 2 N–H and O–H groups in total. The Morgan fingerprint density at radius 2 is 1.63 bits per heavy atom. The number of fused-ring (bicyclic) bond motifs is 1. The predicted molar refractivity (Wildman–Crippen MR) is 132 cm³/mol. The van der Waals surface area contributed by atoms with Gasteiger partial charge < -0.3 is 25.0 Å². The number of urea groups is 1. The highest BCUT2D eigenvalue weighted by atomic mass is 19.1. The van der Waals surface area contributed by atoms with Crippen molar-refractivity contribution in [2.75, 3.05) is 44.4 Å². The van der Waals surface area contributed by atoms with Crippen LogP contribution in [0.5, 0.6) is 11.5 Å². The van der Waals surface area contributed by atoms with Crippen LogP contribution in [0.4, 0.5) is 14.9 Å². The van der Waals surface area contributed by atoms with Crippen molar-refractivity contribution in [3.63, 3.8) is 0 Å². The Morgan fingerprint density at radius 1 is 0.886 bits per heavy atom. The van der Waals surface area contributed by atoms with Gasteiger partial charge in [0.15, 0.2) is 11.5 Å². The molecule has 2 amide bonds. The Bertz CT molecular complexity index is 1150. The molecule has 0 bridgehead atoms. The predicted octanol–water partition coefficient (Wildman–Crippen LogP) is 3.92. The van der Waals surface area contributed by atoms with E-state index in [2.05, 4.69) is 20.4 Å². The number of amides is 2. The van der Waals surface area contributed by atoms with Crippen LogP contribution in [0.15, 0.2) is 72.8 Å². The van der Waals surface area contributed by atoms with E-state index in [4.69, 9.17) is 9.47 Å². The van der Waals surface area contributed by atoms with Gasteiger partial charge in [-0.2, -0.15) is 0 Å². The van der Waals surface area contributed by atoms with Crippen LogP contribution in [0, 0.1) is 5.82 Å². The normalized spacial score (nSPS) is 16.1. The summed E-state index contributed by atoms with van der Waals surface area (Å²) in [6.45, 7) is 3.97. The number of piperazine rings is 1. The first kappa shape index (κ1) is 23.0. The van der Waals surface area contributed by atoms with Crippen LogP contribution in [-0.2, 0) is 6.54 Å². The number of anilines is 1. The second-order valence-corrected chi connectivity index (χ2v) is 8.65. The molecule has 0 spiro atoms. The van der Waals surface area contributed by atoms with Gasteiger partial charge in [-0.05, 0) is 35.4 Å². The molecule has 182 valence electrons. The second kappa shape index (κ2) is 10.7. The molecule has 0 aromatic heterocycles. The summed E-state index contributed by atoms with van der Waals surface area (Å²) in [5.41, 5.74) is 2.71. The van der Waals surface area contributed by atoms with Crippen LogP contribution in [0.3, 0.4) is 0 Å². The fourth-order valence-electron chi connectivity index (χ4n) is 4.59. The van der Waals surface area contributed by atoms with Gasteiger partial charge in [-0.25, -0.2) is 9.18 Å². The number of rotatable bonds is 7. The highest BCUT2D eigenvalue weighted by Crippen LogP contribution is 2.36. The topological polar surface area (TPSA) is 66.1 Å². The molecule has 35 heavy (non-hydrogen) atoms. The Morgan fingerprint density at radius 3 is 2.43 bits per heavy atom. The van der Waals surface area contributed by atoms with E-state index in [0.717, 1.165) is 30.0 Å². The number of nitrogens with zero attached hydrogens (tertiary/aromatic N) is 2. The van der Waals surface area contributed by atoms with Gasteiger partial charge in [0.1, 0.15) is 5.82 Å². The third-order valence-corrected chi connectivity index (χ3v) is 6.48. The molecular formula is C27H29FN4O3. The lowest BCUT2D eigenvalue weighted by atomic mass is 10.0. The molecule has 2 aliphatic heterocycles. The van der Waals surface area contributed by atoms with E-state index in [-0.39, 0.29) is 24.7 Å². The lowest BCUT2D eigenvalue weighted by Gasteiger charge is -2.40. The third kappa shape index (κ3) is 5.49. The van der Waals surface area contributed by atoms with E-state index < -0.39 is 0 Å². The SMILES string of the molecule is O=C(NCc1ccccc1)NC[C@@H](c1ccc2c(c1)OCO2)N1CCN(c2ccccc2F)CC1. The molecule has 7 nitrogen and oxygen atoms in total. The van der Waals surface area contributed by atoms with Gasteiger partial charge in [0.05, 0.1) is 11.7 Å². The maximum Gasteiger partial charge on any atom is 0.315 e. The van der Waals surface area contributed by atoms with Gasteiger partial charge in [-0.15, -0.1) is 0 Å². The van der Waals surface area contributed by atoms with E-state index in [0.29, 0.717) is 37.6 Å². The Balaban J connectivity index is 1.26. The van der Waals surface area contributed by atoms with Crippen LogP contribution < -0.4 is 25.0 Å². The van der Waals surface area contributed by atoms with E-state index in [1.54, 1.807) is 6.07 Å². The summed E-state index contributed by atoms with van der Waals surface area (Å²) in [6, 6.07) is 22.3. The molecule has 0 radical (unpaired) electrons. The number of benzene rings is 3. The lowest BCUT2D eigenvalue weighted by Crippen LogP contribution is -2.50. The lowest BCUT2D eigenvalue weighted by molar-refractivity contribution is 0.172. The molecule has 1 saturated heterocycles. The third-order valence-electron chi connectivity index (χ3n) is 6.48. The maximum absolute atomic E-state index is 14.3. The number of carbonyl (C=O) groups excluding carboxylic acids is 1. The van der Waals surface area contributed by atoms with Gasteiger partial charge >= 0.3 is 6.03 Å². The summed E-state index contributed by atoms with van der Waals surface area (Å²) in [7, 11) is 0. The average Bonchev–Trinajstić information content (AvgIpc) is 3.37. The molecule has 3 aromatic rings. The van der Waals surface area contributed by atoms with Gasteiger partial charge in [-0.1, -0.05) is 48.5 Å². The van der Waals surface area contributed by atoms with Gasteiger partial charge in [0.2, 0.25) is 6.79 Å². The van der Waals surface area contributed by atoms with Crippen LogP contribution in [0.1, 0.15) is 17.2 Å². The van der Waals surface area contributed by atoms with Gasteiger partial charge in [0.25, 0.3) is 0 Å². The van der Waals surface area contributed by atoms with Crippen molar-refractivity contribution in [3.05, 3.63) is 89.7 Å². The number of para-hydroxylation sites is 1. The first-order valence-corrected chi connectivity index (χ1v) is 11.9. The van der Waals surface area contributed by atoms with E-state index >= 15 is 0 Å². The Kier molecular flexibility index (Phi) is 6.99. The summed E-state index contributed by atoms with van der Waals surface area (Å²) < 4.78 is 25.3. The van der Waals surface area contributed by atoms with Gasteiger partial charge in [-0.3, -0.25) is 4.90 Å². The summed E-state index contributed by atoms with van der Waals surface area (Å²) in [5, 5.41) is 5.95. The van der Waals surface area contributed by atoms with Crippen molar-refractivity contribution in [2.24, 2.45) is 0 Å². The van der Waals surface area contributed by atoms with Crippen LogP contribution >= 0.6 is 0 Å². The summed E-state index contributed by atoms with van der Waals surface area (Å²) in [5.74, 6) is 1.24. The van der Waals surface area contributed by atoms with Crippen molar-refractivity contribution in [2.45, 2.75) is 12.6 Å². The van der Waals surface area contributed by atoms with E-state index in [1.165, 1.54) is 6.07 Å². The molecule has 1 atom stereocenters. The van der Waals surface area contributed by atoms with Crippen molar-refractivity contribution in [3.8, 4) is 11.5 Å². The maximum atomic E-state index is 14.3. The average molecular weight is 477 g/mol. The number of halogens is 1. The highest BCUT2D eigenvalue weighted by Gasteiger charge is 2.28. The molecule has 8 heteroatoms. The number of hydrogen-bond donors (Lipinski definition) is 2. The van der Waals surface area contributed by atoms with Crippen LogP contribution in [-0.4, -0.2) is 50.4 Å². The van der Waals surface area contributed by atoms with Crippen LogP contribution in [0.2, 0.25) is 0 Å². The highest BCUT2D eigenvalue weighted by molar-refractivity contribution is 5.73. The Hall–Kier alpha value is -3.78. The number of nitrogens with one attached hydrogen (secondary N) is 2. The molecule has 2 aliphatic rings. The zero-order valence-electron chi connectivity index (χ0n) is 19.5. The smallest absolute Gasteiger partial charge is 0.315 e. The fourth-order valence-corrected chi connectivity index (χ4v) is 4.59. The largest absolute Gasteiger partial charge is 0.454 e. The standard InChI is InChI=1S/C27H29FN4O3/c28-22-8-4-5-9-23(22)31-12-14-32(15-13-31)24(21-10-11-25-26(16-21)35-19-34-25)18-30-27(33)29-17-20-6-2-1-3-7-20/h1-11,16,24H,12-15,17-19H2,(H2,29,30,33)/t24-/m0/s1. The zero-order chi connectivity index (χ0) is 24.0. The molecule has 2 heterocycles. The number of hydrogen-bond acceptors (Lipinski definition) is 5. The second-order valence-electron chi connectivity index (χ2n) is 8.65. The first-order chi connectivity index (χ1) is 17.2.